The molecule has 2 aliphatic rings. The normalized spacial score (nSPS) is 14.1. The van der Waals surface area contributed by atoms with Crippen molar-refractivity contribution >= 4 is 58.0 Å². The number of fused-ring (bicyclic) bond motifs is 2. The Morgan fingerprint density at radius 1 is 0.879 bits per heavy atom. The average molecular weight is 482 g/mol. The Hall–Kier alpha value is -3.55. The highest BCUT2D eigenvalue weighted by atomic mass is 35.5. The maximum absolute atomic E-state index is 12.3. The zero-order chi connectivity index (χ0) is 23.4. The summed E-state index contributed by atoms with van der Waals surface area (Å²) in [5, 5.41) is 7.27. The molecule has 1 saturated heterocycles. The number of Topliss-reactive ketones (excluding diaryl/α,β-unsaturated/α-hetero) is 1. The molecule has 0 bridgehead atoms. The molecule has 9 heteroatoms. The van der Waals surface area contributed by atoms with E-state index < -0.39 is 6.03 Å². The number of urea groups is 1. The first kappa shape index (κ1) is 22.6. The van der Waals surface area contributed by atoms with Gasteiger partial charge in [-0.1, -0.05) is 59.6 Å². The number of ketones is 1. The Bertz CT molecular complexity index is 1220. The summed E-state index contributed by atoms with van der Waals surface area (Å²) in [6, 6.07) is 19.1. The molecule has 4 N–H and O–H groups in total. The zero-order valence-electron chi connectivity index (χ0n) is 17.5. The summed E-state index contributed by atoms with van der Waals surface area (Å²) in [4.78, 5) is 29.7. The maximum atomic E-state index is 12.3. The minimum absolute atomic E-state index is 0.00759. The molecule has 3 aromatic rings. The second-order valence-electron chi connectivity index (χ2n) is 7.30. The average Bonchev–Trinajstić information content (AvgIpc) is 3.27. The number of anilines is 2. The van der Waals surface area contributed by atoms with Gasteiger partial charge in [-0.25, -0.2) is 9.79 Å². The summed E-state index contributed by atoms with van der Waals surface area (Å²) in [6.45, 7) is 1.75. The molecule has 0 aliphatic carbocycles. The van der Waals surface area contributed by atoms with Crippen molar-refractivity contribution in [3.8, 4) is 0 Å². The number of amides is 2. The van der Waals surface area contributed by atoms with Crippen LogP contribution in [0.15, 0.2) is 71.7 Å². The Morgan fingerprint density at radius 3 is 2.15 bits per heavy atom. The number of hydrogen-bond donors (Lipinski definition) is 3. The van der Waals surface area contributed by atoms with Crippen LogP contribution < -0.4 is 21.3 Å². The number of benzene rings is 3. The maximum Gasteiger partial charge on any atom is 0.323 e. The largest absolute Gasteiger partial charge is 0.354 e. The van der Waals surface area contributed by atoms with Crippen molar-refractivity contribution < 1.29 is 9.59 Å². The molecule has 0 aromatic heterocycles. The summed E-state index contributed by atoms with van der Waals surface area (Å²) >= 11 is 11.9. The van der Waals surface area contributed by atoms with Gasteiger partial charge in [-0.2, -0.15) is 0 Å². The van der Waals surface area contributed by atoms with E-state index in [-0.39, 0.29) is 12.2 Å². The van der Waals surface area contributed by atoms with Crippen LogP contribution in [0.2, 0.25) is 10.0 Å². The number of guanidine groups is 1. The number of nitrogens with one attached hydrogen (secondary N) is 2. The van der Waals surface area contributed by atoms with E-state index in [9.17, 15) is 9.59 Å². The van der Waals surface area contributed by atoms with E-state index in [4.69, 9.17) is 28.9 Å². The molecule has 33 heavy (non-hydrogen) atoms. The van der Waals surface area contributed by atoms with Crippen molar-refractivity contribution in [1.29, 1.82) is 0 Å². The van der Waals surface area contributed by atoms with E-state index in [1.165, 1.54) is 4.90 Å². The Balaban J connectivity index is 0.000000165. The van der Waals surface area contributed by atoms with Gasteiger partial charge in [0.15, 0.2) is 11.7 Å². The van der Waals surface area contributed by atoms with Gasteiger partial charge in [0.25, 0.3) is 0 Å². The van der Waals surface area contributed by atoms with Gasteiger partial charge >= 0.3 is 6.03 Å². The highest BCUT2D eigenvalue weighted by molar-refractivity contribution is 6.38. The number of para-hydroxylation sites is 3. The quantitative estimate of drug-likeness (QED) is 0.463. The van der Waals surface area contributed by atoms with Crippen LogP contribution in [-0.2, 0) is 6.42 Å². The number of aliphatic imine (C=N–C) groups is 1. The van der Waals surface area contributed by atoms with Crippen LogP contribution in [0.25, 0.3) is 0 Å². The summed E-state index contributed by atoms with van der Waals surface area (Å²) in [5.41, 5.74) is 8.65. The molecule has 0 radical (unpaired) electrons. The first-order valence-corrected chi connectivity index (χ1v) is 11.0. The predicted octanol–water partition coefficient (Wildman–Crippen LogP) is 4.82. The van der Waals surface area contributed by atoms with E-state index in [0.717, 1.165) is 24.6 Å². The number of carbonyl (C=O) groups is 2. The van der Waals surface area contributed by atoms with Gasteiger partial charge in [0.2, 0.25) is 0 Å². The van der Waals surface area contributed by atoms with Gasteiger partial charge in [-0.3, -0.25) is 9.69 Å². The summed E-state index contributed by atoms with van der Waals surface area (Å²) < 4.78 is 0. The van der Waals surface area contributed by atoms with E-state index >= 15 is 0 Å². The van der Waals surface area contributed by atoms with Crippen LogP contribution in [0.3, 0.4) is 0 Å². The highest BCUT2D eigenvalue weighted by Crippen LogP contribution is 2.35. The van der Waals surface area contributed by atoms with Gasteiger partial charge in [0.05, 0.1) is 21.4 Å². The smallest absolute Gasteiger partial charge is 0.323 e. The number of nitrogens with zero attached hydrogens (tertiary/aromatic N) is 2. The van der Waals surface area contributed by atoms with Crippen molar-refractivity contribution in [1.82, 2.24) is 10.6 Å². The Labute approximate surface area is 201 Å². The van der Waals surface area contributed by atoms with Gasteiger partial charge in [0, 0.05) is 25.1 Å². The van der Waals surface area contributed by atoms with Crippen LogP contribution in [0, 0.1) is 0 Å². The van der Waals surface area contributed by atoms with Gasteiger partial charge in [-0.15, -0.1) is 0 Å². The standard InChI is InChI=1S/C15H12N2O2.C9H9Cl2N3/c16-15(19)17-12-7-3-1-5-10(12)9-14(18)11-6-2-4-8-13(11)17;10-6-2-1-3-7(11)8(6)14-9-12-4-5-13-9/h1-8H,9H2,(H2,16,19);1-3H,4-5H2,(H2,12,13,14). The number of nitrogens with two attached hydrogens (primary N) is 1. The lowest BCUT2D eigenvalue weighted by atomic mass is 10.0. The molecule has 168 valence electrons. The molecule has 3 aromatic carbocycles. The van der Waals surface area contributed by atoms with Crippen LogP contribution in [-0.4, -0.2) is 30.9 Å². The van der Waals surface area contributed by atoms with Crippen molar-refractivity contribution in [3.63, 3.8) is 0 Å². The molecule has 2 aliphatic heterocycles. The molecule has 0 atom stereocenters. The summed E-state index contributed by atoms with van der Waals surface area (Å²) in [7, 11) is 0. The van der Waals surface area contributed by atoms with E-state index in [0.29, 0.717) is 32.7 Å². The molecular weight excluding hydrogens is 461 g/mol. The molecule has 7 nitrogen and oxygen atoms in total. The van der Waals surface area contributed by atoms with Crippen molar-refractivity contribution in [2.75, 3.05) is 18.0 Å². The zero-order valence-corrected chi connectivity index (χ0v) is 19.0. The van der Waals surface area contributed by atoms with Gasteiger partial charge in [-0.05, 0) is 35.9 Å². The van der Waals surface area contributed by atoms with Crippen LogP contribution >= 0.6 is 23.2 Å². The third-order valence-corrected chi connectivity index (χ3v) is 5.73. The fourth-order valence-corrected chi connectivity index (χ4v) is 4.11. The molecule has 0 unspecified atom stereocenters. The summed E-state index contributed by atoms with van der Waals surface area (Å²) in [5.74, 6) is 0.715. The van der Waals surface area contributed by atoms with Crippen molar-refractivity contribution in [2.45, 2.75) is 6.42 Å². The monoisotopic (exact) mass is 481 g/mol. The SMILES string of the molecule is Clc1cccc(Cl)c1N=C1NCCN1.NC(=O)N1c2ccccc2CC(=O)c2ccccc21. The first-order valence-electron chi connectivity index (χ1n) is 10.3. The molecular formula is C24H21Cl2N5O2. The second kappa shape index (κ2) is 9.94. The number of rotatable bonds is 1. The van der Waals surface area contributed by atoms with Crippen LogP contribution in [0.5, 0.6) is 0 Å². The fourth-order valence-electron chi connectivity index (χ4n) is 3.63. The second-order valence-corrected chi connectivity index (χ2v) is 8.12. The molecule has 2 heterocycles. The molecule has 5 rings (SSSR count). The minimum atomic E-state index is -0.588. The first-order chi connectivity index (χ1) is 16.0. The van der Waals surface area contributed by atoms with Gasteiger partial charge < -0.3 is 16.4 Å². The van der Waals surface area contributed by atoms with Crippen LogP contribution in [0.1, 0.15) is 15.9 Å². The van der Waals surface area contributed by atoms with Crippen molar-refractivity contribution in [3.05, 3.63) is 87.9 Å². The Morgan fingerprint density at radius 2 is 1.48 bits per heavy atom. The van der Waals surface area contributed by atoms with Crippen LogP contribution in [0.4, 0.5) is 21.9 Å². The topological polar surface area (TPSA) is 99.8 Å². The third kappa shape index (κ3) is 4.94. The lowest BCUT2D eigenvalue weighted by molar-refractivity contribution is 0.0994. The van der Waals surface area contributed by atoms with Crippen molar-refractivity contribution in [2.24, 2.45) is 10.7 Å². The predicted molar refractivity (Wildman–Crippen MR) is 132 cm³/mol. The fraction of sp³-hybridized carbons (Fsp3) is 0.125. The number of halogens is 2. The molecule has 2 amide bonds. The molecule has 1 fully saturated rings. The molecule has 0 saturated carbocycles. The van der Waals surface area contributed by atoms with Gasteiger partial charge in [0.1, 0.15) is 5.69 Å². The highest BCUT2D eigenvalue weighted by Gasteiger charge is 2.27. The lowest BCUT2D eigenvalue weighted by Crippen LogP contribution is -2.32. The van der Waals surface area contributed by atoms with E-state index in [1.807, 2.05) is 18.2 Å². The molecule has 0 spiro atoms. The number of hydrogen-bond acceptors (Lipinski definition) is 3. The third-order valence-electron chi connectivity index (χ3n) is 5.12. The Kier molecular flexibility index (Phi) is 6.82. The minimum Gasteiger partial charge on any atom is -0.354 e. The van der Waals surface area contributed by atoms with E-state index in [1.54, 1.807) is 48.5 Å². The van der Waals surface area contributed by atoms with E-state index in [2.05, 4.69) is 15.6 Å². The number of primary amides is 1. The summed E-state index contributed by atoms with van der Waals surface area (Å²) in [6.07, 6.45) is 0.275. The lowest BCUT2D eigenvalue weighted by Gasteiger charge is -2.22. The number of carbonyl (C=O) groups excluding carboxylic acids is 2.